The van der Waals surface area contributed by atoms with Gasteiger partial charge < -0.3 is 9.64 Å². The highest BCUT2D eigenvalue weighted by Gasteiger charge is 2.38. The molecule has 0 saturated carbocycles. The lowest BCUT2D eigenvalue weighted by molar-refractivity contribution is -0.119. The first kappa shape index (κ1) is 18.2. The van der Waals surface area contributed by atoms with Crippen LogP contribution in [0.5, 0.6) is 0 Å². The summed E-state index contributed by atoms with van der Waals surface area (Å²) in [5.74, 6) is 0.332. The molecule has 1 aliphatic carbocycles. The second-order valence-corrected chi connectivity index (χ2v) is 8.05. The molecule has 25 heavy (non-hydrogen) atoms. The zero-order valence-corrected chi connectivity index (χ0v) is 15.8. The number of benzene rings is 1. The average molecular weight is 342 g/mol. The van der Waals surface area contributed by atoms with Gasteiger partial charge in [0, 0.05) is 44.4 Å². The van der Waals surface area contributed by atoms with E-state index >= 15 is 0 Å². The molecule has 136 valence electrons. The Bertz CT molecular complexity index is 637. The number of carbonyl (C=O) groups is 1. The van der Waals surface area contributed by atoms with Gasteiger partial charge in [0.25, 0.3) is 0 Å². The Kier molecular flexibility index (Phi) is 5.60. The molecular weight excluding hydrogens is 312 g/mol. The molecule has 1 aliphatic heterocycles. The van der Waals surface area contributed by atoms with Crippen LogP contribution in [0, 0.1) is 5.41 Å². The van der Waals surface area contributed by atoms with Gasteiger partial charge >= 0.3 is 0 Å². The van der Waals surface area contributed by atoms with Crippen molar-refractivity contribution in [1.29, 1.82) is 0 Å². The Morgan fingerprint density at radius 1 is 1.12 bits per heavy atom. The number of ketones is 1. The van der Waals surface area contributed by atoms with Gasteiger partial charge in [-0.3, -0.25) is 9.69 Å². The molecule has 3 rings (SSSR count). The van der Waals surface area contributed by atoms with Gasteiger partial charge in [-0.15, -0.1) is 0 Å². The number of Topliss-reactive ketones (excluding diaryl/α,β-unsaturated/α-hetero) is 1. The topological polar surface area (TPSA) is 32.8 Å². The Balaban J connectivity index is 1.74. The molecule has 1 aromatic carbocycles. The lowest BCUT2D eigenvalue weighted by Gasteiger charge is -2.45. The van der Waals surface area contributed by atoms with Crippen LogP contribution in [-0.4, -0.2) is 55.6 Å². The fraction of sp³-hybridized carbons (Fsp3) is 0.571. The van der Waals surface area contributed by atoms with Crippen molar-refractivity contribution >= 4 is 5.78 Å². The molecule has 0 N–H and O–H groups in total. The van der Waals surface area contributed by atoms with E-state index in [0.717, 1.165) is 44.7 Å². The van der Waals surface area contributed by atoms with Crippen molar-refractivity contribution in [3.63, 3.8) is 0 Å². The monoisotopic (exact) mass is 342 g/mol. The number of hydrogen-bond donors (Lipinski definition) is 0. The van der Waals surface area contributed by atoms with E-state index in [1.54, 1.807) is 7.11 Å². The fourth-order valence-corrected chi connectivity index (χ4v) is 3.90. The van der Waals surface area contributed by atoms with Crippen molar-refractivity contribution in [3.05, 3.63) is 47.2 Å². The highest BCUT2D eigenvalue weighted by Crippen LogP contribution is 2.40. The Hall–Kier alpha value is -1.65. The average Bonchev–Trinajstić information content (AvgIpc) is 2.58. The molecule has 0 bridgehead atoms. The number of methoxy groups -OCH3 is 1. The van der Waals surface area contributed by atoms with Crippen molar-refractivity contribution in [1.82, 2.24) is 9.80 Å². The zero-order chi connectivity index (χ0) is 17.9. The first-order chi connectivity index (χ1) is 12.0. The molecule has 0 spiro atoms. The summed E-state index contributed by atoms with van der Waals surface area (Å²) in [5.41, 5.74) is 3.71. The second-order valence-electron chi connectivity index (χ2n) is 8.05. The van der Waals surface area contributed by atoms with Crippen molar-refractivity contribution in [2.24, 2.45) is 5.41 Å². The van der Waals surface area contributed by atoms with E-state index < -0.39 is 0 Å². The number of ether oxygens (including phenoxy) is 1. The summed E-state index contributed by atoms with van der Waals surface area (Å²) in [5, 5.41) is 0. The van der Waals surface area contributed by atoms with Gasteiger partial charge in [-0.05, 0) is 23.8 Å². The minimum atomic E-state index is 0.0629. The number of nitrogens with zero attached hydrogens (tertiary/aromatic N) is 2. The van der Waals surface area contributed by atoms with Crippen LogP contribution in [0.2, 0.25) is 0 Å². The molecule has 0 aromatic heterocycles. The molecular formula is C21H30N2O2. The minimum absolute atomic E-state index is 0.0629. The molecule has 0 amide bonds. The van der Waals surface area contributed by atoms with E-state index in [-0.39, 0.29) is 5.41 Å². The predicted octanol–water partition coefficient (Wildman–Crippen LogP) is 3.09. The van der Waals surface area contributed by atoms with Gasteiger partial charge in [-0.1, -0.05) is 44.2 Å². The summed E-state index contributed by atoms with van der Waals surface area (Å²) in [6.45, 7) is 8.59. The number of carbonyl (C=O) groups excluding carboxylic acids is 1. The first-order valence-corrected chi connectivity index (χ1v) is 9.24. The molecule has 4 heteroatoms. The van der Waals surface area contributed by atoms with Crippen LogP contribution in [0.4, 0.5) is 0 Å². The van der Waals surface area contributed by atoms with E-state index in [1.807, 2.05) is 0 Å². The Morgan fingerprint density at radius 3 is 2.60 bits per heavy atom. The molecule has 2 aliphatic rings. The summed E-state index contributed by atoms with van der Waals surface area (Å²) in [6.07, 6.45) is 2.67. The van der Waals surface area contributed by atoms with Gasteiger partial charge in [0.05, 0.1) is 13.3 Å². The van der Waals surface area contributed by atoms with Crippen LogP contribution in [0.3, 0.4) is 0 Å². The first-order valence-electron chi connectivity index (χ1n) is 9.24. The van der Waals surface area contributed by atoms with Gasteiger partial charge in [0.15, 0.2) is 5.78 Å². The SMILES string of the molecule is COCCN1CN(CCc2ccccc2)CC2=C1CC(C)(C)CC2=O. The number of allylic oxidation sites excluding steroid dienone is 1. The molecule has 0 radical (unpaired) electrons. The third-order valence-corrected chi connectivity index (χ3v) is 5.23. The van der Waals surface area contributed by atoms with Crippen molar-refractivity contribution in [2.45, 2.75) is 33.1 Å². The normalized spacial score (nSPS) is 20.8. The summed E-state index contributed by atoms with van der Waals surface area (Å²) in [7, 11) is 1.74. The number of hydrogen-bond acceptors (Lipinski definition) is 4. The standard InChI is InChI=1S/C21H30N2O2/c1-21(2)13-19-18(20(24)14-21)15-22(16-23(19)11-12-25-3)10-9-17-7-5-4-6-8-17/h4-8H,9-16H2,1-3H3. The van der Waals surface area contributed by atoms with Crippen molar-refractivity contribution in [2.75, 3.05) is 40.0 Å². The lowest BCUT2D eigenvalue weighted by atomic mass is 9.75. The molecule has 0 atom stereocenters. The molecule has 0 saturated heterocycles. The summed E-state index contributed by atoms with van der Waals surface area (Å²) in [4.78, 5) is 17.5. The maximum atomic E-state index is 12.7. The summed E-state index contributed by atoms with van der Waals surface area (Å²) < 4.78 is 5.30. The minimum Gasteiger partial charge on any atom is -0.383 e. The fourth-order valence-electron chi connectivity index (χ4n) is 3.90. The molecule has 0 fully saturated rings. The van der Waals surface area contributed by atoms with Crippen LogP contribution in [0.25, 0.3) is 0 Å². The Morgan fingerprint density at radius 2 is 1.88 bits per heavy atom. The predicted molar refractivity (Wildman–Crippen MR) is 100 cm³/mol. The van der Waals surface area contributed by atoms with E-state index in [9.17, 15) is 4.79 Å². The van der Waals surface area contributed by atoms with Gasteiger partial charge in [-0.2, -0.15) is 0 Å². The Labute approximate surface area is 151 Å². The third-order valence-electron chi connectivity index (χ3n) is 5.23. The third kappa shape index (κ3) is 4.50. The number of rotatable bonds is 6. The van der Waals surface area contributed by atoms with E-state index in [0.29, 0.717) is 18.8 Å². The van der Waals surface area contributed by atoms with Crippen LogP contribution in [0.1, 0.15) is 32.3 Å². The highest BCUT2D eigenvalue weighted by molar-refractivity contribution is 5.98. The quantitative estimate of drug-likeness (QED) is 0.795. The maximum absolute atomic E-state index is 12.7. The lowest BCUT2D eigenvalue weighted by Crippen LogP contribution is -2.49. The summed E-state index contributed by atoms with van der Waals surface area (Å²) in [6, 6.07) is 10.6. The van der Waals surface area contributed by atoms with Crippen LogP contribution in [-0.2, 0) is 16.0 Å². The second kappa shape index (κ2) is 7.71. The van der Waals surface area contributed by atoms with Gasteiger partial charge in [0.1, 0.15) is 0 Å². The van der Waals surface area contributed by atoms with Crippen LogP contribution < -0.4 is 0 Å². The van der Waals surface area contributed by atoms with E-state index in [2.05, 4.69) is 54.0 Å². The smallest absolute Gasteiger partial charge is 0.162 e. The molecule has 1 aromatic rings. The zero-order valence-electron chi connectivity index (χ0n) is 15.8. The largest absolute Gasteiger partial charge is 0.383 e. The van der Waals surface area contributed by atoms with Crippen LogP contribution in [0.15, 0.2) is 41.6 Å². The van der Waals surface area contributed by atoms with Crippen molar-refractivity contribution in [3.8, 4) is 0 Å². The van der Waals surface area contributed by atoms with Gasteiger partial charge in [0.2, 0.25) is 0 Å². The summed E-state index contributed by atoms with van der Waals surface area (Å²) >= 11 is 0. The van der Waals surface area contributed by atoms with Gasteiger partial charge in [-0.25, -0.2) is 0 Å². The molecule has 4 nitrogen and oxygen atoms in total. The van der Waals surface area contributed by atoms with Crippen LogP contribution >= 0.6 is 0 Å². The van der Waals surface area contributed by atoms with E-state index in [4.69, 9.17) is 4.74 Å². The molecule has 1 heterocycles. The molecule has 0 unspecified atom stereocenters. The maximum Gasteiger partial charge on any atom is 0.162 e. The van der Waals surface area contributed by atoms with E-state index in [1.165, 1.54) is 11.3 Å². The highest BCUT2D eigenvalue weighted by atomic mass is 16.5. The van der Waals surface area contributed by atoms with Crippen molar-refractivity contribution < 1.29 is 9.53 Å².